The van der Waals surface area contributed by atoms with E-state index in [0.29, 0.717) is 12.8 Å². The first-order valence-electron chi connectivity index (χ1n) is 22.3. The molecule has 0 aromatic carbocycles. The lowest BCUT2D eigenvalue weighted by Gasteiger charge is -2.23. The number of ether oxygens (including phenoxy) is 4. The Morgan fingerprint density at radius 1 is 0.462 bits per heavy atom. The highest BCUT2D eigenvalue weighted by molar-refractivity contribution is 5.71. The Bertz CT molecular complexity index is 780. The SMILES string of the molecule is CCCCC(CCCC)OC(=O)CCCCCCCCC(CCCCCCCCC(=O)OC(CCCC)CCCC)OC(=O)COC1CCNCC1. The van der Waals surface area contributed by atoms with Crippen molar-refractivity contribution in [2.45, 2.75) is 245 Å². The largest absolute Gasteiger partial charge is 0.462 e. The van der Waals surface area contributed by atoms with Gasteiger partial charge in [-0.05, 0) is 90.1 Å². The van der Waals surface area contributed by atoms with Crippen LogP contribution in [0.1, 0.15) is 220 Å². The van der Waals surface area contributed by atoms with Crippen molar-refractivity contribution < 1.29 is 33.3 Å². The molecule has 0 spiro atoms. The van der Waals surface area contributed by atoms with Gasteiger partial charge in [-0.3, -0.25) is 9.59 Å². The van der Waals surface area contributed by atoms with Gasteiger partial charge in [0.25, 0.3) is 0 Å². The maximum Gasteiger partial charge on any atom is 0.332 e. The molecule has 0 aromatic heterocycles. The van der Waals surface area contributed by atoms with Crippen LogP contribution in [0.5, 0.6) is 0 Å². The molecule has 306 valence electrons. The number of hydrogen-bond acceptors (Lipinski definition) is 8. The van der Waals surface area contributed by atoms with Gasteiger partial charge in [0.2, 0.25) is 0 Å². The lowest BCUT2D eigenvalue weighted by molar-refractivity contribution is -0.158. The van der Waals surface area contributed by atoms with Gasteiger partial charge < -0.3 is 24.3 Å². The summed E-state index contributed by atoms with van der Waals surface area (Å²) in [6, 6.07) is 0. The monoisotopic (exact) mass is 738 g/mol. The zero-order valence-electron chi connectivity index (χ0n) is 34.5. The molecule has 1 N–H and O–H groups in total. The minimum absolute atomic E-state index is 0.0280. The van der Waals surface area contributed by atoms with E-state index in [2.05, 4.69) is 33.0 Å². The maximum absolute atomic E-state index is 12.7. The fourth-order valence-corrected chi connectivity index (χ4v) is 7.07. The molecule has 0 unspecified atom stereocenters. The van der Waals surface area contributed by atoms with Crippen LogP contribution < -0.4 is 5.32 Å². The number of carbonyl (C=O) groups is 3. The van der Waals surface area contributed by atoms with Crippen molar-refractivity contribution in [1.82, 2.24) is 5.32 Å². The predicted octanol–water partition coefficient (Wildman–Crippen LogP) is 11.5. The second kappa shape index (κ2) is 35.1. The molecule has 8 nitrogen and oxygen atoms in total. The summed E-state index contributed by atoms with van der Waals surface area (Å²) in [5, 5.41) is 3.33. The van der Waals surface area contributed by atoms with Crippen LogP contribution in [0.3, 0.4) is 0 Å². The third-order valence-electron chi connectivity index (χ3n) is 10.5. The average Bonchev–Trinajstić information content (AvgIpc) is 3.15. The smallest absolute Gasteiger partial charge is 0.332 e. The maximum atomic E-state index is 12.7. The summed E-state index contributed by atoms with van der Waals surface area (Å²) in [4.78, 5) is 37.5. The summed E-state index contributed by atoms with van der Waals surface area (Å²) >= 11 is 0. The van der Waals surface area contributed by atoms with E-state index in [0.717, 1.165) is 193 Å². The molecular weight excluding hydrogens is 654 g/mol. The third kappa shape index (κ3) is 28.8. The quantitative estimate of drug-likeness (QED) is 0.0385. The average molecular weight is 738 g/mol. The van der Waals surface area contributed by atoms with E-state index in [1.54, 1.807) is 0 Å². The van der Waals surface area contributed by atoms with Crippen LogP contribution in [0.2, 0.25) is 0 Å². The van der Waals surface area contributed by atoms with E-state index in [1.165, 1.54) is 0 Å². The zero-order chi connectivity index (χ0) is 37.9. The molecule has 0 aliphatic carbocycles. The number of carbonyl (C=O) groups excluding carboxylic acids is 3. The number of esters is 3. The van der Waals surface area contributed by atoms with Gasteiger partial charge in [0, 0.05) is 12.8 Å². The lowest BCUT2D eigenvalue weighted by Crippen LogP contribution is -2.34. The van der Waals surface area contributed by atoms with E-state index in [1.807, 2.05) is 0 Å². The van der Waals surface area contributed by atoms with E-state index < -0.39 is 0 Å². The molecule has 1 fully saturated rings. The van der Waals surface area contributed by atoms with Crippen LogP contribution in [0.15, 0.2) is 0 Å². The van der Waals surface area contributed by atoms with Gasteiger partial charge in [0.1, 0.15) is 24.9 Å². The number of unbranched alkanes of at least 4 members (excludes halogenated alkanes) is 14. The van der Waals surface area contributed by atoms with Crippen molar-refractivity contribution in [2.24, 2.45) is 0 Å². The van der Waals surface area contributed by atoms with Gasteiger partial charge in [-0.2, -0.15) is 0 Å². The number of hydrogen-bond donors (Lipinski definition) is 1. The lowest BCUT2D eigenvalue weighted by atomic mass is 10.0. The van der Waals surface area contributed by atoms with E-state index in [4.69, 9.17) is 18.9 Å². The van der Waals surface area contributed by atoms with Gasteiger partial charge in [-0.15, -0.1) is 0 Å². The Morgan fingerprint density at radius 2 is 0.788 bits per heavy atom. The molecule has 1 saturated heterocycles. The second-order valence-corrected chi connectivity index (χ2v) is 15.5. The van der Waals surface area contributed by atoms with Gasteiger partial charge >= 0.3 is 17.9 Å². The summed E-state index contributed by atoms with van der Waals surface area (Å²) in [5.41, 5.74) is 0. The molecule has 0 radical (unpaired) electrons. The van der Waals surface area contributed by atoms with Gasteiger partial charge in [0.15, 0.2) is 0 Å². The molecule has 0 saturated carbocycles. The molecule has 52 heavy (non-hydrogen) atoms. The minimum atomic E-state index is -0.236. The summed E-state index contributed by atoms with van der Waals surface area (Å²) in [7, 11) is 0. The highest BCUT2D eigenvalue weighted by atomic mass is 16.6. The summed E-state index contributed by atoms with van der Waals surface area (Å²) in [5.74, 6) is -0.292. The van der Waals surface area contributed by atoms with Gasteiger partial charge in [-0.25, -0.2) is 4.79 Å². The van der Waals surface area contributed by atoms with E-state index in [-0.39, 0.29) is 48.9 Å². The second-order valence-electron chi connectivity index (χ2n) is 15.5. The van der Waals surface area contributed by atoms with Crippen LogP contribution in [0, 0.1) is 0 Å². The first kappa shape index (κ1) is 48.3. The highest BCUT2D eigenvalue weighted by Gasteiger charge is 2.19. The standard InChI is InChI=1S/C44H83NO7/c1-5-9-25-39(26-10-6-2)50-42(46)31-23-19-15-13-17-21-29-41(52-44(48)37-49-38-33-35-45-36-34-38)30-22-18-14-16-20-24-32-43(47)51-40(27-11-7-3)28-12-8-4/h38-41,45H,5-37H2,1-4H3. The molecule has 1 heterocycles. The number of piperidine rings is 1. The van der Waals surface area contributed by atoms with Crippen molar-refractivity contribution in [3.63, 3.8) is 0 Å². The molecule has 1 aliphatic heterocycles. The molecule has 0 bridgehead atoms. The molecule has 0 amide bonds. The van der Waals surface area contributed by atoms with Gasteiger partial charge in [-0.1, -0.05) is 130 Å². The molecule has 8 heteroatoms. The Kier molecular flexibility index (Phi) is 32.6. The van der Waals surface area contributed by atoms with Crippen LogP contribution >= 0.6 is 0 Å². The highest BCUT2D eigenvalue weighted by Crippen LogP contribution is 2.20. The summed E-state index contributed by atoms with van der Waals surface area (Å²) in [6.45, 7) is 10.7. The first-order chi connectivity index (χ1) is 25.4. The van der Waals surface area contributed by atoms with Crippen LogP contribution in [-0.4, -0.2) is 62.0 Å². The Morgan fingerprint density at radius 3 is 1.17 bits per heavy atom. The minimum Gasteiger partial charge on any atom is -0.462 e. The van der Waals surface area contributed by atoms with Crippen molar-refractivity contribution in [3.05, 3.63) is 0 Å². The molecule has 1 aliphatic rings. The molecule has 0 aromatic rings. The number of nitrogens with one attached hydrogen (secondary N) is 1. The van der Waals surface area contributed by atoms with Crippen LogP contribution in [0.25, 0.3) is 0 Å². The zero-order valence-corrected chi connectivity index (χ0v) is 34.5. The fraction of sp³-hybridized carbons (Fsp3) is 0.932. The first-order valence-corrected chi connectivity index (χ1v) is 22.3. The number of rotatable bonds is 36. The Balaban J connectivity index is 2.31. The van der Waals surface area contributed by atoms with E-state index >= 15 is 0 Å². The third-order valence-corrected chi connectivity index (χ3v) is 10.5. The molecule has 0 atom stereocenters. The predicted molar refractivity (Wildman–Crippen MR) is 213 cm³/mol. The topological polar surface area (TPSA) is 100 Å². The molecular formula is C44H83NO7. The normalized spacial score (nSPS) is 13.7. The van der Waals surface area contributed by atoms with Gasteiger partial charge in [0.05, 0.1) is 6.10 Å². The van der Waals surface area contributed by atoms with Crippen molar-refractivity contribution in [1.29, 1.82) is 0 Å². The van der Waals surface area contributed by atoms with Crippen molar-refractivity contribution in [3.8, 4) is 0 Å². The van der Waals surface area contributed by atoms with Crippen molar-refractivity contribution >= 4 is 17.9 Å². The molecule has 1 rings (SSSR count). The fourth-order valence-electron chi connectivity index (χ4n) is 7.07. The Hall–Kier alpha value is -1.67. The summed E-state index contributed by atoms with van der Waals surface area (Å²) in [6.07, 6.45) is 30.7. The van der Waals surface area contributed by atoms with E-state index in [9.17, 15) is 14.4 Å². The summed E-state index contributed by atoms with van der Waals surface area (Å²) < 4.78 is 23.4. The Labute approximate surface area is 320 Å². The van der Waals surface area contributed by atoms with Crippen LogP contribution in [-0.2, 0) is 33.3 Å². The van der Waals surface area contributed by atoms with Crippen molar-refractivity contribution in [2.75, 3.05) is 19.7 Å². The van der Waals surface area contributed by atoms with Crippen LogP contribution in [0.4, 0.5) is 0 Å².